The zero-order valence-corrected chi connectivity index (χ0v) is 20.2. The first kappa shape index (κ1) is 21.2. The van der Waals surface area contributed by atoms with Crippen LogP contribution in [-0.2, 0) is 19.8 Å². The molecule has 7 nitrogen and oxygen atoms in total. The van der Waals surface area contributed by atoms with Crippen molar-refractivity contribution in [1.29, 1.82) is 0 Å². The Labute approximate surface area is 199 Å². The van der Waals surface area contributed by atoms with Gasteiger partial charge in [-0.2, -0.15) is 0 Å². The number of aromatic amines is 1. The molecule has 3 heterocycles. The van der Waals surface area contributed by atoms with Gasteiger partial charge < -0.3 is 10.3 Å². The van der Waals surface area contributed by atoms with Crippen molar-refractivity contribution in [3.8, 4) is 0 Å². The number of imide groups is 1. The second-order valence-electron chi connectivity index (χ2n) is 10.3. The fourth-order valence-electron chi connectivity index (χ4n) is 6.94. The summed E-state index contributed by atoms with van der Waals surface area (Å²) in [6, 6.07) is 7.44. The third-order valence-corrected chi connectivity index (χ3v) is 10.9. The molecule has 0 unspecified atom stereocenters. The van der Waals surface area contributed by atoms with Crippen LogP contribution in [0, 0.1) is 36.5 Å². The van der Waals surface area contributed by atoms with Gasteiger partial charge in [0.25, 0.3) is 0 Å². The molecule has 6 rings (SSSR count). The van der Waals surface area contributed by atoms with Crippen molar-refractivity contribution < 1.29 is 14.4 Å². The molecule has 2 aliphatic heterocycles. The van der Waals surface area contributed by atoms with E-state index in [1.807, 2.05) is 25.1 Å². The maximum Gasteiger partial charge on any atom is 0.305 e. The van der Waals surface area contributed by atoms with Crippen LogP contribution in [0.25, 0.3) is 0 Å². The molecule has 9 heteroatoms. The van der Waals surface area contributed by atoms with E-state index in [-0.39, 0.29) is 69.4 Å². The summed E-state index contributed by atoms with van der Waals surface area (Å²) in [6.45, 7) is 6.02. The molecule has 2 saturated carbocycles. The molecule has 3 fully saturated rings. The number of hydrogen-bond acceptors (Lipinski definition) is 6. The molecule has 4 aliphatic rings. The van der Waals surface area contributed by atoms with Gasteiger partial charge in [0.15, 0.2) is 0 Å². The van der Waals surface area contributed by atoms with Crippen LogP contribution in [-0.4, -0.2) is 39.4 Å². The van der Waals surface area contributed by atoms with E-state index in [1.165, 1.54) is 16.2 Å². The fraction of sp³-hybridized carbons (Fsp3) is 0.500. The van der Waals surface area contributed by atoms with E-state index in [0.29, 0.717) is 5.69 Å². The van der Waals surface area contributed by atoms with Gasteiger partial charge in [-0.05, 0) is 48.8 Å². The van der Waals surface area contributed by atoms with Gasteiger partial charge in [-0.25, -0.2) is 0 Å². The van der Waals surface area contributed by atoms with E-state index in [0.717, 1.165) is 21.9 Å². The highest BCUT2D eigenvalue weighted by molar-refractivity contribution is 8.00. The Morgan fingerprint density at radius 3 is 2.64 bits per heavy atom. The summed E-state index contributed by atoms with van der Waals surface area (Å²) in [6.07, 6.45) is 0.862. The Morgan fingerprint density at radius 1 is 1.18 bits per heavy atom. The normalized spacial score (nSPS) is 33.1. The van der Waals surface area contributed by atoms with Crippen molar-refractivity contribution >= 4 is 46.5 Å². The van der Waals surface area contributed by atoms with Gasteiger partial charge in [-0.1, -0.05) is 37.3 Å². The predicted octanol–water partition coefficient (Wildman–Crippen LogP) is 3.00. The zero-order valence-electron chi connectivity index (χ0n) is 18.6. The first-order valence-electron chi connectivity index (χ1n) is 11.3. The second-order valence-corrected chi connectivity index (χ2v) is 12.5. The van der Waals surface area contributed by atoms with E-state index in [1.54, 1.807) is 17.8 Å². The lowest BCUT2D eigenvalue weighted by molar-refractivity contribution is -0.143. The van der Waals surface area contributed by atoms with Gasteiger partial charge in [0, 0.05) is 21.2 Å². The number of amides is 3. The van der Waals surface area contributed by atoms with Crippen molar-refractivity contribution in [1.82, 2.24) is 9.88 Å². The molecule has 2 aromatic rings. The lowest BCUT2D eigenvalue weighted by Crippen LogP contribution is -2.48. The topological polar surface area (TPSA) is 99.3 Å². The molecular formula is C24H25N3O4S2. The number of hydrogen-bond donors (Lipinski definition) is 2. The van der Waals surface area contributed by atoms with Crippen LogP contribution in [0.3, 0.4) is 0 Å². The monoisotopic (exact) mass is 483 g/mol. The van der Waals surface area contributed by atoms with E-state index < -0.39 is 0 Å². The Hall–Kier alpha value is -2.39. The molecule has 172 valence electrons. The number of carbonyl (C=O) groups is 3. The number of nitrogens with one attached hydrogen (secondary N) is 2. The number of anilines is 1. The molecule has 2 aliphatic carbocycles. The van der Waals surface area contributed by atoms with Gasteiger partial charge >= 0.3 is 4.87 Å². The average molecular weight is 484 g/mol. The Kier molecular flexibility index (Phi) is 4.52. The number of thioether (sulfide) groups is 1. The summed E-state index contributed by atoms with van der Waals surface area (Å²) in [5.41, 5.74) is 1.44. The molecule has 0 radical (unpaired) electrons. The molecule has 3 amide bonds. The van der Waals surface area contributed by atoms with Crippen LogP contribution < -0.4 is 10.2 Å². The summed E-state index contributed by atoms with van der Waals surface area (Å²) in [5, 5.41) is 3.93. The van der Waals surface area contributed by atoms with Crippen LogP contribution >= 0.6 is 23.1 Å². The van der Waals surface area contributed by atoms with Gasteiger partial charge in [-0.3, -0.25) is 24.1 Å². The highest BCUT2D eigenvalue weighted by Crippen LogP contribution is 2.68. The highest BCUT2D eigenvalue weighted by atomic mass is 32.2. The molecule has 1 saturated heterocycles. The molecule has 2 bridgehead atoms. The zero-order chi connectivity index (χ0) is 23.2. The maximum absolute atomic E-state index is 13.4. The number of fused-ring (bicyclic) bond motifs is 9. The molecule has 0 spiro atoms. The van der Waals surface area contributed by atoms with Crippen molar-refractivity contribution in [2.45, 2.75) is 42.9 Å². The average Bonchev–Trinajstić information content (AvgIpc) is 3.46. The number of carbonyl (C=O) groups excluding carboxylic acids is 3. The number of H-pyrrole nitrogens is 1. The van der Waals surface area contributed by atoms with Crippen LogP contribution in [0.5, 0.6) is 0 Å². The molecule has 33 heavy (non-hydrogen) atoms. The quantitative estimate of drug-likeness (QED) is 0.654. The van der Waals surface area contributed by atoms with Gasteiger partial charge in [-0.15, -0.1) is 11.8 Å². The summed E-state index contributed by atoms with van der Waals surface area (Å²) < 4.78 is 0. The third kappa shape index (κ3) is 2.94. The molecule has 6 atom stereocenters. The number of likely N-dealkylation sites (tertiary alicyclic amines) is 1. The highest BCUT2D eigenvalue weighted by Gasteiger charge is 2.70. The molecule has 1 aromatic heterocycles. The van der Waals surface area contributed by atoms with Crippen LogP contribution in [0.4, 0.5) is 5.69 Å². The smallest absolute Gasteiger partial charge is 0.305 e. The van der Waals surface area contributed by atoms with Crippen molar-refractivity contribution in [3.05, 3.63) is 44.4 Å². The largest absolute Gasteiger partial charge is 0.325 e. The summed E-state index contributed by atoms with van der Waals surface area (Å²) in [5.74, 6) is -1.07. The minimum atomic E-state index is -0.360. The number of aromatic nitrogens is 1. The Bertz CT molecular complexity index is 1260. The van der Waals surface area contributed by atoms with E-state index in [9.17, 15) is 19.2 Å². The minimum absolute atomic E-state index is 0.0500. The minimum Gasteiger partial charge on any atom is -0.325 e. The maximum atomic E-state index is 13.4. The number of rotatable bonds is 3. The van der Waals surface area contributed by atoms with Gasteiger partial charge in [0.05, 0.1) is 16.9 Å². The predicted molar refractivity (Wildman–Crippen MR) is 126 cm³/mol. The van der Waals surface area contributed by atoms with Gasteiger partial charge in [0.1, 0.15) is 6.54 Å². The van der Waals surface area contributed by atoms with Crippen molar-refractivity contribution in [2.75, 3.05) is 11.9 Å². The SMILES string of the molecule is Cc1cccc(NC(=O)CN2C(=O)[C@@H]3[C@H]4C[C@H]([C@H]5Sc6[nH]c(=O)sc6C(C)(C)[C@H]45)[C@@H]3C2=O)c1. The van der Waals surface area contributed by atoms with E-state index >= 15 is 0 Å². The molecule has 2 N–H and O–H groups in total. The third-order valence-electron chi connectivity index (χ3n) is 8.09. The van der Waals surface area contributed by atoms with Crippen molar-refractivity contribution in [2.24, 2.45) is 29.6 Å². The second kappa shape index (κ2) is 7.06. The summed E-state index contributed by atoms with van der Waals surface area (Å²) in [4.78, 5) is 56.7. The lowest BCUT2D eigenvalue weighted by Gasteiger charge is -2.47. The van der Waals surface area contributed by atoms with Crippen LogP contribution in [0.1, 0.15) is 30.7 Å². The van der Waals surface area contributed by atoms with E-state index in [2.05, 4.69) is 24.1 Å². The molecule has 1 aromatic carbocycles. The number of nitrogens with zero attached hydrogens (tertiary/aromatic N) is 1. The molecular weight excluding hydrogens is 458 g/mol. The summed E-state index contributed by atoms with van der Waals surface area (Å²) >= 11 is 2.94. The van der Waals surface area contributed by atoms with Crippen LogP contribution in [0.15, 0.2) is 34.1 Å². The first-order chi connectivity index (χ1) is 15.7. The Balaban J connectivity index is 1.26. The number of thiazole rings is 1. The van der Waals surface area contributed by atoms with Crippen LogP contribution in [0.2, 0.25) is 0 Å². The van der Waals surface area contributed by atoms with Gasteiger partial charge in [0.2, 0.25) is 17.7 Å². The fourth-order valence-corrected chi connectivity index (χ4v) is 10.1. The summed E-state index contributed by atoms with van der Waals surface area (Å²) in [7, 11) is 0. The first-order valence-corrected chi connectivity index (χ1v) is 13.0. The number of aryl methyl sites for hydroxylation is 1. The van der Waals surface area contributed by atoms with Crippen molar-refractivity contribution in [3.63, 3.8) is 0 Å². The standard InChI is InChI=1S/C24H25N3O4S2/c1-10-5-4-6-11(7-10)25-14(28)9-27-21(29)15-12-8-13(16(15)22(27)30)18-17(12)24(2,3)19-20(32-18)26-23(31)33-19/h4-7,12-13,15-18H,8-9H2,1-3H3,(H,25,28)(H,26,31)/t12-,13+,15-,16+,17-,18-/m1/s1. The number of benzene rings is 1. The Morgan fingerprint density at radius 2 is 1.91 bits per heavy atom. The lowest BCUT2D eigenvalue weighted by atomic mass is 9.64. The van der Waals surface area contributed by atoms with E-state index in [4.69, 9.17) is 0 Å².